The molecule has 1 amide bonds. The van der Waals surface area contributed by atoms with Crippen LogP contribution in [-0.4, -0.2) is 26.7 Å². The summed E-state index contributed by atoms with van der Waals surface area (Å²) in [6, 6.07) is 22.6. The Balaban J connectivity index is 1.73. The summed E-state index contributed by atoms with van der Waals surface area (Å²) in [5, 5.41) is 13.6. The number of para-hydroxylation sites is 1. The van der Waals surface area contributed by atoms with Crippen LogP contribution in [0.5, 0.6) is 11.5 Å². The van der Waals surface area contributed by atoms with Crippen LogP contribution in [0.2, 0.25) is 0 Å². The van der Waals surface area contributed by atoms with Crippen molar-refractivity contribution in [3.05, 3.63) is 83.4 Å². The van der Waals surface area contributed by atoms with Crippen LogP contribution in [0.15, 0.2) is 71.1 Å². The second-order valence-electron chi connectivity index (χ2n) is 8.76. The number of benzene rings is 3. The van der Waals surface area contributed by atoms with Crippen LogP contribution >= 0.6 is 0 Å². The van der Waals surface area contributed by atoms with E-state index >= 15 is 0 Å². The van der Waals surface area contributed by atoms with E-state index in [4.69, 9.17) is 13.9 Å². The minimum atomic E-state index is -0.171. The van der Waals surface area contributed by atoms with Crippen LogP contribution < -0.4 is 14.8 Å². The standard InChI is InChI=1S/C30H28N2O4/c1-19(2)18-32-30(33)28-25-7-5-6-8-27(25)36-29(28)21-11-9-20(10-12-21)23(17-31)15-22-16-24(34-3)13-14-26(22)35-4/h5-16,19H,18H2,1-4H3,(H,32,33)/b23-15+. The van der Waals surface area contributed by atoms with E-state index in [1.54, 1.807) is 32.4 Å². The monoisotopic (exact) mass is 480 g/mol. The SMILES string of the molecule is COc1ccc(OC)c(/C=C(\C#N)c2ccc(-c3oc4ccccc4c3C(=O)NCC(C)C)cc2)c1. The molecule has 4 rings (SSSR count). The predicted octanol–water partition coefficient (Wildman–Crippen LogP) is 6.57. The molecule has 0 radical (unpaired) electrons. The summed E-state index contributed by atoms with van der Waals surface area (Å²) in [5.41, 5.74) is 3.84. The molecule has 0 aliphatic heterocycles. The van der Waals surface area contributed by atoms with Crippen molar-refractivity contribution in [1.29, 1.82) is 5.26 Å². The van der Waals surface area contributed by atoms with Crippen molar-refractivity contribution in [2.24, 2.45) is 5.92 Å². The molecule has 0 unspecified atom stereocenters. The van der Waals surface area contributed by atoms with Crippen molar-refractivity contribution in [2.75, 3.05) is 20.8 Å². The molecular weight excluding hydrogens is 452 g/mol. The summed E-state index contributed by atoms with van der Waals surface area (Å²) in [7, 11) is 3.18. The number of carbonyl (C=O) groups excluding carboxylic acids is 1. The zero-order valence-corrected chi connectivity index (χ0v) is 20.8. The molecule has 3 aromatic carbocycles. The fraction of sp³-hybridized carbons (Fsp3) is 0.200. The summed E-state index contributed by atoms with van der Waals surface area (Å²) < 4.78 is 16.9. The molecule has 0 saturated heterocycles. The Morgan fingerprint density at radius 1 is 1.06 bits per heavy atom. The largest absolute Gasteiger partial charge is 0.497 e. The van der Waals surface area contributed by atoms with Gasteiger partial charge in [-0.15, -0.1) is 0 Å². The number of amides is 1. The number of rotatable bonds is 8. The highest BCUT2D eigenvalue weighted by Gasteiger charge is 2.22. The predicted molar refractivity (Wildman–Crippen MR) is 142 cm³/mol. The van der Waals surface area contributed by atoms with E-state index in [0.717, 1.165) is 22.1 Å². The highest BCUT2D eigenvalue weighted by molar-refractivity contribution is 6.11. The molecule has 0 saturated carbocycles. The first-order chi connectivity index (χ1) is 17.4. The van der Waals surface area contributed by atoms with Crippen molar-refractivity contribution in [3.63, 3.8) is 0 Å². The second-order valence-corrected chi connectivity index (χ2v) is 8.76. The average molecular weight is 481 g/mol. The highest BCUT2D eigenvalue weighted by atomic mass is 16.5. The number of furan rings is 1. The first-order valence-corrected chi connectivity index (χ1v) is 11.7. The minimum Gasteiger partial charge on any atom is -0.497 e. The third-order valence-electron chi connectivity index (χ3n) is 5.81. The Hall–Kier alpha value is -4.50. The number of methoxy groups -OCH3 is 2. The first-order valence-electron chi connectivity index (χ1n) is 11.7. The molecule has 0 bridgehead atoms. The van der Waals surface area contributed by atoms with Crippen LogP contribution in [0.4, 0.5) is 0 Å². The second kappa shape index (κ2) is 10.8. The molecule has 36 heavy (non-hydrogen) atoms. The number of nitrogens with one attached hydrogen (secondary N) is 1. The van der Waals surface area contributed by atoms with Gasteiger partial charge in [0, 0.05) is 23.1 Å². The third kappa shape index (κ3) is 5.11. The molecule has 0 spiro atoms. The zero-order chi connectivity index (χ0) is 25.7. The van der Waals surface area contributed by atoms with Gasteiger partial charge in [0.2, 0.25) is 0 Å². The van der Waals surface area contributed by atoms with Crippen molar-refractivity contribution in [1.82, 2.24) is 5.32 Å². The van der Waals surface area contributed by atoms with Gasteiger partial charge in [0.1, 0.15) is 22.8 Å². The lowest BCUT2D eigenvalue weighted by molar-refractivity contribution is 0.0950. The molecule has 1 heterocycles. The van der Waals surface area contributed by atoms with E-state index in [0.29, 0.717) is 46.4 Å². The number of carbonyl (C=O) groups is 1. The maximum absolute atomic E-state index is 13.1. The number of nitriles is 1. The van der Waals surface area contributed by atoms with Crippen molar-refractivity contribution in [2.45, 2.75) is 13.8 Å². The number of nitrogens with zero attached hydrogens (tertiary/aromatic N) is 1. The number of hydrogen-bond acceptors (Lipinski definition) is 5. The first kappa shape index (κ1) is 24.6. The fourth-order valence-electron chi connectivity index (χ4n) is 3.95. The zero-order valence-electron chi connectivity index (χ0n) is 20.8. The number of ether oxygens (including phenoxy) is 2. The lowest BCUT2D eigenvalue weighted by Crippen LogP contribution is -2.27. The van der Waals surface area contributed by atoms with E-state index in [1.807, 2.05) is 54.6 Å². The lowest BCUT2D eigenvalue weighted by Gasteiger charge is -2.09. The summed E-state index contributed by atoms with van der Waals surface area (Å²) in [5.74, 6) is 1.97. The lowest BCUT2D eigenvalue weighted by atomic mass is 9.99. The third-order valence-corrected chi connectivity index (χ3v) is 5.81. The van der Waals surface area contributed by atoms with Crippen molar-refractivity contribution >= 4 is 28.5 Å². The number of fused-ring (bicyclic) bond motifs is 1. The van der Waals surface area contributed by atoms with Crippen LogP contribution in [0, 0.1) is 17.2 Å². The summed E-state index contributed by atoms with van der Waals surface area (Å²) in [6.07, 6.45) is 1.77. The van der Waals surface area contributed by atoms with Crippen LogP contribution in [0.25, 0.3) is 33.9 Å². The van der Waals surface area contributed by atoms with E-state index in [9.17, 15) is 10.1 Å². The quantitative estimate of drug-likeness (QED) is 0.228. The van der Waals surface area contributed by atoms with Crippen LogP contribution in [-0.2, 0) is 0 Å². The van der Waals surface area contributed by atoms with Crippen molar-refractivity contribution in [3.8, 4) is 28.9 Å². The summed E-state index contributed by atoms with van der Waals surface area (Å²) >= 11 is 0. The smallest absolute Gasteiger partial charge is 0.255 e. The van der Waals surface area contributed by atoms with Gasteiger partial charge in [-0.25, -0.2) is 0 Å². The summed E-state index contributed by atoms with van der Waals surface area (Å²) in [6.45, 7) is 4.67. The molecule has 1 N–H and O–H groups in total. The van der Waals surface area contributed by atoms with Gasteiger partial charge in [-0.3, -0.25) is 4.79 Å². The van der Waals surface area contributed by atoms with Crippen molar-refractivity contribution < 1.29 is 18.7 Å². The maximum atomic E-state index is 13.1. The molecule has 6 nitrogen and oxygen atoms in total. The summed E-state index contributed by atoms with van der Waals surface area (Å²) in [4.78, 5) is 13.1. The molecule has 6 heteroatoms. The Morgan fingerprint density at radius 2 is 1.81 bits per heavy atom. The van der Waals surface area contributed by atoms with Gasteiger partial charge in [-0.05, 0) is 41.8 Å². The average Bonchev–Trinajstić information content (AvgIpc) is 3.30. The van der Waals surface area contributed by atoms with E-state index in [-0.39, 0.29) is 5.91 Å². The Kier molecular flexibility index (Phi) is 7.41. The number of hydrogen-bond donors (Lipinski definition) is 1. The highest BCUT2D eigenvalue weighted by Crippen LogP contribution is 2.35. The van der Waals surface area contributed by atoms with Gasteiger partial charge in [-0.1, -0.05) is 56.3 Å². The van der Waals surface area contributed by atoms with Gasteiger partial charge < -0.3 is 19.2 Å². The van der Waals surface area contributed by atoms with E-state index < -0.39 is 0 Å². The van der Waals surface area contributed by atoms with Gasteiger partial charge in [0.25, 0.3) is 5.91 Å². The molecule has 0 fully saturated rings. The van der Waals surface area contributed by atoms with Gasteiger partial charge in [0.05, 0.1) is 31.4 Å². The molecule has 4 aromatic rings. The fourth-order valence-corrected chi connectivity index (χ4v) is 3.95. The Labute approximate surface area is 210 Å². The molecule has 0 atom stereocenters. The minimum absolute atomic E-state index is 0.171. The van der Waals surface area contributed by atoms with E-state index in [2.05, 4.69) is 25.2 Å². The van der Waals surface area contributed by atoms with Gasteiger partial charge >= 0.3 is 0 Å². The maximum Gasteiger partial charge on any atom is 0.255 e. The van der Waals surface area contributed by atoms with Gasteiger partial charge in [0.15, 0.2) is 0 Å². The molecule has 0 aliphatic carbocycles. The molecule has 1 aromatic heterocycles. The Morgan fingerprint density at radius 3 is 2.47 bits per heavy atom. The molecular formula is C30H28N2O4. The van der Waals surface area contributed by atoms with Crippen LogP contribution in [0.3, 0.4) is 0 Å². The number of allylic oxidation sites excluding steroid dienone is 1. The molecule has 182 valence electrons. The normalized spacial score (nSPS) is 11.4. The molecule has 0 aliphatic rings. The van der Waals surface area contributed by atoms with Gasteiger partial charge in [-0.2, -0.15) is 5.26 Å². The Bertz CT molecular complexity index is 1460. The van der Waals surface area contributed by atoms with E-state index in [1.165, 1.54) is 0 Å². The topological polar surface area (TPSA) is 84.5 Å². The van der Waals surface area contributed by atoms with Crippen LogP contribution in [0.1, 0.15) is 35.3 Å².